The third kappa shape index (κ3) is 6.47. The Balaban J connectivity index is 1.73. The van der Waals surface area contributed by atoms with Crippen LogP contribution in [0.3, 0.4) is 0 Å². The fraction of sp³-hybridized carbons (Fsp3) is 0.650. The highest BCUT2D eigenvalue weighted by molar-refractivity contribution is 6.35. The molecule has 1 N–H and O–H groups in total. The third-order valence-electron chi connectivity index (χ3n) is 5.32. The summed E-state index contributed by atoms with van der Waals surface area (Å²) in [5.74, 6) is -0.426. The predicted octanol–water partition coefficient (Wildman–Crippen LogP) is 5.53. The minimum absolute atomic E-state index is 0.157. The maximum absolute atomic E-state index is 11.5. The van der Waals surface area contributed by atoms with Crippen LogP contribution in [0.2, 0.25) is 10.0 Å². The summed E-state index contributed by atoms with van der Waals surface area (Å²) < 4.78 is 0. The molecule has 3 nitrogen and oxygen atoms in total. The Morgan fingerprint density at radius 1 is 1.28 bits per heavy atom. The number of carboxylic acids is 1. The summed E-state index contributed by atoms with van der Waals surface area (Å²) in [6.07, 6.45) is 6.92. The number of piperidine rings is 1. The molecule has 1 aliphatic heterocycles. The van der Waals surface area contributed by atoms with Gasteiger partial charge in [-0.15, -0.1) is 0 Å². The number of likely N-dealkylation sites (tertiary alicyclic amines) is 1. The number of halogens is 2. The summed E-state index contributed by atoms with van der Waals surface area (Å²) in [6, 6.07) is 5.69. The Hall–Kier alpha value is -0.770. The molecule has 1 saturated heterocycles. The highest BCUT2D eigenvalue weighted by Gasteiger charge is 2.30. The highest BCUT2D eigenvalue weighted by Crippen LogP contribution is 2.29. The van der Waals surface area contributed by atoms with Crippen LogP contribution in [0.4, 0.5) is 0 Å². The van der Waals surface area contributed by atoms with Crippen LogP contribution in [-0.2, 0) is 11.2 Å². The van der Waals surface area contributed by atoms with Crippen molar-refractivity contribution >= 4 is 29.2 Å². The zero-order valence-corrected chi connectivity index (χ0v) is 16.5. The van der Waals surface area contributed by atoms with Gasteiger partial charge in [-0.2, -0.15) is 0 Å². The Kier molecular flexibility index (Phi) is 8.54. The van der Waals surface area contributed by atoms with E-state index in [1.165, 1.54) is 0 Å². The number of rotatable bonds is 9. The fourth-order valence-corrected chi connectivity index (χ4v) is 4.28. The van der Waals surface area contributed by atoms with Crippen molar-refractivity contribution in [1.29, 1.82) is 0 Å². The van der Waals surface area contributed by atoms with Gasteiger partial charge in [0.15, 0.2) is 0 Å². The first kappa shape index (κ1) is 20.5. The van der Waals surface area contributed by atoms with E-state index in [-0.39, 0.29) is 5.92 Å². The highest BCUT2D eigenvalue weighted by atomic mass is 35.5. The number of hydrogen-bond acceptors (Lipinski definition) is 2. The van der Waals surface area contributed by atoms with Gasteiger partial charge in [-0.3, -0.25) is 4.79 Å². The van der Waals surface area contributed by atoms with Crippen molar-refractivity contribution in [3.63, 3.8) is 0 Å². The monoisotopic (exact) mass is 385 g/mol. The van der Waals surface area contributed by atoms with Gasteiger partial charge in [0.1, 0.15) is 0 Å². The zero-order valence-electron chi connectivity index (χ0n) is 15.0. The molecule has 1 aliphatic rings. The van der Waals surface area contributed by atoms with Crippen LogP contribution < -0.4 is 0 Å². The average molecular weight is 386 g/mol. The standard InChI is InChI=1S/C20H29Cl2NO2/c1-2-3-6-18(20(24)25)15-9-12-23(13-10-15)11-4-5-16-7-8-17(21)14-19(16)22/h7-8,14-15,18H,2-6,9-13H2,1H3,(H,24,25). The molecule has 0 aromatic heterocycles. The second kappa shape index (κ2) is 10.4. The Bertz CT molecular complexity index is 557. The quantitative estimate of drug-likeness (QED) is 0.607. The Morgan fingerprint density at radius 2 is 2.00 bits per heavy atom. The number of hydrogen-bond donors (Lipinski definition) is 1. The Morgan fingerprint density at radius 3 is 2.60 bits per heavy atom. The van der Waals surface area contributed by atoms with E-state index in [0.717, 1.165) is 75.2 Å². The van der Waals surface area contributed by atoms with Crippen LogP contribution in [0, 0.1) is 11.8 Å². The molecule has 0 radical (unpaired) electrons. The molecular weight excluding hydrogens is 357 g/mol. The van der Waals surface area contributed by atoms with Crippen molar-refractivity contribution in [2.75, 3.05) is 19.6 Å². The molecular formula is C20H29Cl2NO2. The minimum atomic E-state index is -0.607. The molecule has 1 aromatic carbocycles. The van der Waals surface area contributed by atoms with E-state index in [0.29, 0.717) is 10.9 Å². The molecule has 1 heterocycles. The predicted molar refractivity (Wildman–Crippen MR) is 105 cm³/mol. The van der Waals surface area contributed by atoms with Crippen LogP contribution >= 0.6 is 23.2 Å². The molecule has 5 heteroatoms. The van der Waals surface area contributed by atoms with Gasteiger partial charge < -0.3 is 10.0 Å². The molecule has 0 spiro atoms. The van der Waals surface area contributed by atoms with Crippen molar-refractivity contribution < 1.29 is 9.90 Å². The summed E-state index contributed by atoms with van der Waals surface area (Å²) >= 11 is 12.2. The molecule has 25 heavy (non-hydrogen) atoms. The lowest BCUT2D eigenvalue weighted by molar-refractivity contribution is -0.144. The molecule has 1 unspecified atom stereocenters. The van der Waals surface area contributed by atoms with Gasteiger partial charge >= 0.3 is 5.97 Å². The van der Waals surface area contributed by atoms with Crippen LogP contribution in [-0.4, -0.2) is 35.6 Å². The van der Waals surface area contributed by atoms with E-state index in [1.807, 2.05) is 12.1 Å². The van der Waals surface area contributed by atoms with Crippen molar-refractivity contribution in [2.45, 2.75) is 51.9 Å². The number of aryl methyl sites for hydroxylation is 1. The second-order valence-electron chi connectivity index (χ2n) is 7.11. The average Bonchev–Trinajstić information content (AvgIpc) is 2.58. The molecule has 0 saturated carbocycles. The van der Waals surface area contributed by atoms with Crippen LogP contribution in [0.5, 0.6) is 0 Å². The summed E-state index contributed by atoms with van der Waals surface area (Å²) in [5.41, 5.74) is 1.14. The van der Waals surface area contributed by atoms with Gasteiger partial charge in [-0.05, 0) is 75.4 Å². The SMILES string of the molecule is CCCCC(C(=O)O)C1CCN(CCCc2ccc(Cl)cc2Cl)CC1. The summed E-state index contributed by atoms with van der Waals surface area (Å²) in [5, 5.41) is 10.9. The molecule has 1 atom stereocenters. The molecule has 0 aliphatic carbocycles. The van der Waals surface area contributed by atoms with Crippen molar-refractivity contribution in [2.24, 2.45) is 11.8 Å². The van der Waals surface area contributed by atoms with E-state index >= 15 is 0 Å². The first-order chi connectivity index (χ1) is 12.0. The van der Waals surface area contributed by atoms with Crippen molar-refractivity contribution in [3.05, 3.63) is 33.8 Å². The number of carboxylic acid groups (broad SMARTS) is 1. The molecule has 140 valence electrons. The Labute approximate surface area is 161 Å². The lowest BCUT2D eigenvalue weighted by Gasteiger charge is -2.34. The van der Waals surface area contributed by atoms with E-state index in [4.69, 9.17) is 23.2 Å². The summed E-state index contributed by atoms with van der Waals surface area (Å²) in [7, 11) is 0. The molecule has 1 aromatic rings. The van der Waals surface area contributed by atoms with Crippen LogP contribution in [0.1, 0.15) is 51.0 Å². The number of nitrogens with zero attached hydrogens (tertiary/aromatic N) is 1. The van der Waals surface area contributed by atoms with Gasteiger partial charge in [-0.25, -0.2) is 0 Å². The number of carbonyl (C=O) groups is 1. The lowest BCUT2D eigenvalue weighted by atomic mass is 9.81. The second-order valence-corrected chi connectivity index (χ2v) is 7.95. The van der Waals surface area contributed by atoms with Crippen LogP contribution in [0.15, 0.2) is 18.2 Å². The largest absolute Gasteiger partial charge is 0.481 e. The number of unbranched alkanes of at least 4 members (excludes halogenated alkanes) is 1. The molecule has 1 fully saturated rings. The maximum Gasteiger partial charge on any atom is 0.306 e. The van der Waals surface area contributed by atoms with Gasteiger partial charge in [-0.1, -0.05) is 49.0 Å². The summed E-state index contributed by atoms with van der Waals surface area (Å²) in [4.78, 5) is 14.0. The normalized spacial score (nSPS) is 17.6. The smallest absolute Gasteiger partial charge is 0.306 e. The topological polar surface area (TPSA) is 40.5 Å². The van der Waals surface area contributed by atoms with E-state index in [1.54, 1.807) is 6.07 Å². The first-order valence-corrected chi connectivity index (χ1v) is 10.2. The minimum Gasteiger partial charge on any atom is -0.481 e. The van der Waals surface area contributed by atoms with Gasteiger partial charge in [0.25, 0.3) is 0 Å². The molecule has 0 amide bonds. The van der Waals surface area contributed by atoms with E-state index < -0.39 is 5.97 Å². The van der Waals surface area contributed by atoms with Gasteiger partial charge in [0.2, 0.25) is 0 Å². The maximum atomic E-state index is 11.5. The lowest BCUT2D eigenvalue weighted by Crippen LogP contribution is -2.38. The van der Waals surface area contributed by atoms with Crippen molar-refractivity contribution in [3.8, 4) is 0 Å². The van der Waals surface area contributed by atoms with Gasteiger partial charge in [0, 0.05) is 10.0 Å². The fourth-order valence-electron chi connectivity index (χ4n) is 3.78. The number of aliphatic carboxylic acids is 1. The zero-order chi connectivity index (χ0) is 18.2. The van der Waals surface area contributed by atoms with Crippen LogP contribution in [0.25, 0.3) is 0 Å². The third-order valence-corrected chi connectivity index (χ3v) is 5.91. The number of benzene rings is 1. The van der Waals surface area contributed by atoms with E-state index in [9.17, 15) is 9.90 Å². The van der Waals surface area contributed by atoms with E-state index in [2.05, 4.69) is 11.8 Å². The molecule has 2 rings (SSSR count). The summed E-state index contributed by atoms with van der Waals surface area (Å²) in [6.45, 7) is 5.18. The first-order valence-electron chi connectivity index (χ1n) is 9.40. The van der Waals surface area contributed by atoms with Crippen molar-refractivity contribution in [1.82, 2.24) is 4.90 Å². The molecule has 0 bridgehead atoms. The van der Waals surface area contributed by atoms with Gasteiger partial charge in [0.05, 0.1) is 5.92 Å².